The van der Waals surface area contributed by atoms with E-state index in [1.165, 1.54) is 16.8 Å². The number of hydrogen-bond acceptors (Lipinski definition) is 8. The number of alkyl halides is 3. The SMILES string of the molecule is CC(C)n1c(=O)c(-c2ccc(NS(=O)(=O)CCC(C)(F)F)c(F)c2)nc2cnc(N[C@@H]3CNC[C@@H](F)C3)nc21. The normalized spacial score (nSPS) is 18.5. The third-order valence-electron chi connectivity index (χ3n) is 6.10. The number of fused-ring (bicyclic) bond motifs is 1. The van der Waals surface area contributed by atoms with Crippen molar-refractivity contribution in [3.63, 3.8) is 0 Å². The predicted molar refractivity (Wildman–Crippen MR) is 140 cm³/mol. The summed E-state index contributed by atoms with van der Waals surface area (Å²) < 4.78 is 82.3. The maximum Gasteiger partial charge on any atom is 0.278 e. The highest BCUT2D eigenvalue weighted by molar-refractivity contribution is 7.92. The van der Waals surface area contributed by atoms with E-state index in [2.05, 4.69) is 25.6 Å². The van der Waals surface area contributed by atoms with Crippen LogP contribution in [0.4, 0.5) is 29.2 Å². The van der Waals surface area contributed by atoms with Crippen molar-refractivity contribution in [1.29, 1.82) is 0 Å². The van der Waals surface area contributed by atoms with Gasteiger partial charge in [0.05, 0.1) is 17.6 Å². The van der Waals surface area contributed by atoms with Crippen molar-refractivity contribution < 1.29 is 26.0 Å². The Bertz CT molecular complexity index is 1530. The van der Waals surface area contributed by atoms with Gasteiger partial charge < -0.3 is 10.6 Å². The third kappa shape index (κ3) is 7.01. The molecule has 2 atom stereocenters. The molecule has 0 aliphatic carbocycles. The number of halogens is 4. The first-order chi connectivity index (χ1) is 18.2. The highest BCUT2D eigenvalue weighted by Gasteiger charge is 2.26. The molecule has 1 fully saturated rings. The average Bonchev–Trinajstić information content (AvgIpc) is 2.83. The Morgan fingerprint density at radius 1 is 1.23 bits per heavy atom. The van der Waals surface area contributed by atoms with Crippen LogP contribution in [0.3, 0.4) is 0 Å². The molecule has 1 aromatic carbocycles. The summed E-state index contributed by atoms with van der Waals surface area (Å²) in [6, 6.07) is 2.72. The highest BCUT2D eigenvalue weighted by atomic mass is 32.2. The fraction of sp³-hybridized carbons (Fsp3) is 0.500. The van der Waals surface area contributed by atoms with Gasteiger partial charge >= 0.3 is 0 Å². The molecule has 0 unspecified atom stereocenters. The van der Waals surface area contributed by atoms with Crippen LogP contribution in [0.1, 0.15) is 39.7 Å². The van der Waals surface area contributed by atoms with Crippen molar-refractivity contribution in [3.05, 3.63) is 40.6 Å². The second kappa shape index (κ2) is 11.0. The molecule has 1 aliphatic heterocycles. The number of sulfonamides is 1. The average molecular weight is 572 g/mol. The minimum Gasteiger partial charge on any atom is -0.350 e. The lowest BCUT2D eigenvalue weighted by molar-refractivity contribution is 0.0189. The highest BCUT2D eigenvalue weighted by Crippen LogP contribution is 2.25. The molecule has 39 heavy (non-hydrogen) atoms. The minimum absolute atomic E-state index is 0.0707. The van der Waals surface area contributed by atoms with E-state index in [9.17, 15) is 30.8 Å². The summed E-state index contributed by atoms with van der Waals surface area (Å²) in [5.74, 6) is -4.90. The van der Waals surface area contributed by atoms with Gasteiger partial charge in [0.1, 0.15) is 23.2 Å². The summed E-state index contributed by atoms with van der Waals surface area (Å²) in [4.78, 5) is 26.5. The van der Waals surface area contributed by atoms with Crippen molar-refractivity contribution in [2.24, 2.45) is 0 Å². The maximum atomic E-state index is 14.9. The maximum absolute atomic E-state index is 14.9. The number of aromatic nitrogens is 4. The molecule has 3 aromatic rings. The second-order valence-electron chi connectivity index (χ2n) is 9.90. The largest absolute Gasteiger partial charge is 0.350 e. The number of hydrogen-bond donors (Lipinski definition) is 3. The molecular weight excluding hydrogens is 542 g/mol. The van der Waals surface area contributed by atoms with Crippen LogP contribution in [0, 0.1) is 5.82 Å². The van der Waals surface area contributed by atoms with Gasteiger partial charge in [0.25, 0.3) is 5.56 Å². The van der Waals surface area contributed by atoms with E-state index in [1.54, 1.807) is 13.8 Å². The van der Waals surface area contributed by atoms with Gasteiger partial charge in [-0.2, -0.15) is 4.98 Å². The van der Waals surface area contributed by atoms with Crippen molar-refractivity contribution >= 4 is 32.8 Å². The Morgan fingerprint density at radius 2 is 1.97 bits per heavy atom. The van der Waals surface area contributed by atoms with Crippen LogP contribution in [0.5, 0.6) is 0 Å². The standard InChI is InChI=1S/C24H29F4N7O3S/c1-13(2)35-21-19(12-30-23(33-21)31-16-9-15(25)10-29-11-16)32-20(22(35)36)14-4-5-18(17(26)8-14)34-39(37,38)7-6-24(3,27)28/h4-5,8,12-13,15-16,29,34H,6-7,9-11H2,1-3H3,(H,30,31,33)/t15-,16-/m0/s1. The molecule has 3 heterocycles. The van der Waals surface area contributed by atoms with E-state index in [1.807, 2.05) is 4.72 Å². The minimum atomic E-state index is -4.24. The molecule has 1 aliphatic rings. The van der Waals surface area contributed by atoms with Gasteiger partial charge in [-0.1, -0.05) is 6.07 Å². The zero-order chi connectivity index (χ0) is 28.5. The first-order valence-corrected chi connectivity index (χ1v) is 14.0. The Labute approximate surface area is 222 Å². The Morgan fingerprint density at radius 3 is 2.62 bits per heavy atom. The molecule has 212 valence electrons. The fourth-order valence-electron chi connectivity index (χ4n) is 4.20. The number of anilines is 2. The monoisotopic (exact) mass is 571 g/mol. The van der Waals surface area contributed by atoms with Gasteiger partial charge in [-0.15, -0.1) is 0 Å². The van der Waals surface area contributed by atoms with Crippen LogP contribution in [-0.4, -0.2) is 64.9 Å². The predicted octanol–water partition coefficient (Wildman–Crippen LogP) is 3.47. The lowest BCUT2D eigenvalue weighted by atomic mass is 10.1. The number of nitrogens with zero attached hydrogens (tertiary/aromatic N) is 4. The summed E-state index contributed by atoms with van der Waals surface area (Å²) in [6.45, 7) is 4.92. The number of nitrogens with one attached hydrogen (secondary N) is 3. The topological polar surface area (TPSA) is 131 Å². The molecule has 15 heteroatoms. The summed E-state index contributed by atoms with van der Waals surface area (Å²) in [5.41, 5.74) is -0.579. The molecule has 1 saturated heterocycles. The Hall–Kier alpha value is -3.33. The Balaban J connectivity index is 1.66. The van der Waals surface area contributed by atoms with E-state index >= 15 is 0 Å². The van der Waals surface area contributed by atoms with E-state index in [4.69, 9.17) is 0 Å². The molecule has 10 nitrogen and oxygen atoms in total. The smallest absolute Gasteiger partial charge is 0.278 e. The van der Waals surface area contributed by atoms with Crippen molar-refractivity contribution in [3.8, 4) is 11.3 Å². The van der Waals surface area contributed by atoms with Crippen molar-refractivity contribution in [1.82, 2.24) is 24.8 Å². The van der Waals surface area contributed by atoms with Crippen LogP contribution >= 0.6 is 0 Å². The zero-order valence-electron chi connectivity index (χ0n) is 21.5. The van der Waals surface area contributed by atoms with E-state index < -0.39 is 51.4 Å². The summed E-state index contributed by atoms with van der Waals surface area (Å²) >= 11 is 0. The summed E-state index contributed by atoms with van der Waals surface area (Å²) in [5, 5.41) is 6.05. The molecule has 3 N–H and O–H groups in total. The van der Waals surface area contributed by atoms with Crippen LogP contribution in [0.15, 0.2) is 29.2 Å². The lowest BCUT2D eigenvalue weighted by Crippen LogP contribution is -2.44. The van der Waals surface area contributed by atoms with Gasteiger partial charge in [0.15, 0.2) is 5.65 Å². The van der Waals surface area contributed by atoms with Crippen LogP contribution in [0.25, 0.3) is 22.4 Å². The summed E-state index contributed by atoms with van der Waals surface area (Å²) in [6.07, 6.45) is -0.244. The van der Waals surface area contributed by atoms with Crippen LogP contribution in [-0.2, 0) is 10.0 Å². The molecule has 0 radical (unpaired) electrons. The molecule has 0 spiro atoms. The molecule has 0 bridgehead atoms. The molecule has 2 aromatic heterocycles. The molecule has 0 amide bonds. The zero-order valence-corrected chi connectivity index (χ0v) is 22.3. The van der Waals surface area contributed by atoms with Crippen molar-refractivity contribution in [2.45, 2.75) is 57.8 Å². The summed E-state index contributed by atoms with van der Waals surface area (Å²) in [7, 11) is -4.24. The molecule has 4 rings (SSSR count). The first-order valence-electron chi connectivity index (χ1n) is 12.3. The number of rotatable bonds is 9. The van der Waals surface area contributed by atoms with Gasteiger partial charge in [0, 0.05) is 43.6 Å². The van der Waals surface area contributed by atoms with E-state index in [-0.39, 0.29) is 53.4 Å². The number of piperidine rings is 1. The van der Waals surface area contributed by atoms with E-state index in [0.717, 1.165) is 12.1 Å². The van der Waals surface area contributed by atoms with Gasteiger partial charge in [-0.3, -0.25) is 14.1 Å². The quantitative estimate of drug-likeness (QED) is 0.333. The van der Waals surface area contributed by atoms with E-state index in [0.29, 0.717) is 13.5 Å². The second-order valence-corrected chi connectivity index (χ2v) is 11.7. The Kier molecular flexibility index (Phi) is 8.12. The number of benzene rings is 1. The molecular formula is C24H29F4N7O3S. The van der Waals surface area contributed by atoms with Crippen LogP contribution < -0.4 is 20.9 Å². The van der Waals surface area contributed by atoms with Crippen LogP contribution in [0.2, 0.25) is 0 Å². The van der Waals surface area contributed by atoms with Gasteiger partial charge in [-0.05, 0) is 32.9 Å². The third-order valence-corrected chi connectivity index (χ3v) is 7.37. The molecule has 0 saturated carbocycles. The van der Waals surface area contributed by atoms with Gasteiger partial charge in [-0.25, -0.2) is 35.9 Å². The van der Waals surface area contributed by atoms with Crippen molar-refractivity contribution in [2.75, 3.05) is 28.9 Å². The lowest BCUT2D eigenvalue weighted by Gasteiger charge is -2.26. The van der Waals surface area contributed by atoms with Gasteiger partial charge in [0.2, 0.25) is 21.9 Å². The fourth-order valence-corrected chi connectivity index (χ4v) is 5.43. The first kappa shape index (κ1) is 28.7.